The number of fused-ring (bicyclic) bond motifs is 1. The molecule has 1 unspecified atom stereocenters. The zero-order valence-electron chi connectivity index (χ0n) is 14.4. The third kappa shape index (κ3) is 3.34. The van der Waals surface area contributed by atoms with Gasteiger partial charge in [0, 0.05) is 17.0 Å². The smallest absolute Gasteiger partial charge is 0.138 e. The van der Waals surface area contributed by atoms with Gasteiger partial charge < -0.3 is 15.0 Å². The molecule has 0 saturated heterocycles. The minimum absolute atomic E-state index is 0.172. The van der Waals surface area contributed by atoms with E-state index in [1.807, 2.05) is 18.2 Å². The van der Waals surface area contributed by atoms with Gasteiger partial charge in [-0.05, 0) is 33.2 Å². The van der Waals surface area contributed by atoms with Crippen molar-refractivity contribution in [3.63, 3.8) is 0 Å². The van der Waals surface area contributed by atoms with E-state index in [0.717, 1.165) is 33.9 Å². The molecule has 2 aromatic heterocycles. The van der Waals surface area contributed by atoms with E-state index >= 15 is 0 Å². The maximum absolute atomic E-state index is 5.52. The van der Waals surface area contributed by atoms with Crippen LogP contribution in [0.2, 0.25) is 0 Å². The minimum atomic E-state index is 0.172. The lowest BCUT2D eigenvalue weighted by atomic mass is 10.0. The van der Waals surface area contributed by atoms with Crippen LogP contribution in [0.25, 0.3) is 10.2 Å². The summed E-state index contributed by atoms with van der Waals surface area (Å²) in [6.45, 7) is 2.82. The van der Waals surface area contributed by atoms with Crippen molar-refractivity contribution in [2.75, 3.05) is 33.1 Å². The largest absolute Gasteiger partial charge is 0.496 e. The molecule has 0 spiro atoms. The normalized spacial score (nSPS) is 12.5. The number of aromatic nitrogens is 2. The van der Waals surface area contributed by atoms with Crippen molar-refractivity contribution in [1.82, 2.24) is 14.9 Å². The van der Waals surface area contributed by atoms with E-state index in [2.05, 4.69) is 53.3 Å². The van der Waals surface area contributed by atoms with Crippen LogP contribution in [0, 0.1) is 6.92 Å². The van der Waals surface area contributed by atoms with Crippen LogP contribution in [0.4, 0.5) is 5.82 Å². The molecule has 3 rings (SSSR count). The van der Waals surface area contributed by atoms with Crippen molar-refractivity contribution in [3.8, 4) is 5.75 Å². The molecule has 2 heterocycles. The third-order valence-corrected chi connectivity index (χ3v) is 5.00. The fourth-order valence-corrected chi connectivity index (χ4v) is 3.67. The first-order valence-electron chi connectivity index (χ1n) is 7.84. The van der Waals surface area contributed by atoms with E-state index in [9.17, 15) is 0 Å². The Morgan fingerprint density at radius 1 is 1.25 bits per heavy atom. The van der Waals surface area contributed by atoms with Crippen LogP contribution in [0.1, 0.15) is 16.5 Å². The molecule has 0 aliphatic rings. The molecule has 1 aromatic carbocycles. The molecule has 0 radical (unpaired) electrons. The number of likely N-dealkylation sites (N-methyl/N-ethyl adjacent to an activating group) is 1. The second-order valence-corrected chi connectivity index (χ2v) is 7.14. The van der Waals surface area contributed by atoms with Crippen molar-refractivity contribution < 1.29 is 4.74 Å². The Morgan fingerprint density at radius 2 is 2.04 bits per heavy atom. The Morgan fingerprint density at radius 3 is 2.79 bits per heavy atom. The summed E-state index contributed by atoms with van der Waals surface area (Å²) in [6, 6.07) is 10.4. The molecule has 24 heavy (non-hydrogen) atoms. The standard InChI is InChI=1S/C18H22N4OS/c1-12-9-14-17(20-11-21-18(14)24-12)19-10-15(22(2)3)13-7-5-6-8-16(13)23-4/h5-9,11,15H,10H2,1-4H3,(H,19,20,21). The van der Waals surface area contributed by atoms with E-state index in [1.165, 1.54) is 4.88 Å². The number of ether oxygens (including phenoxy) is 1. The first-order valence-corrected chi connectivity index (χ1v) is 8.66. The fraction of sp³-hybridized carbons (Fsp3) is 0.333. The van der Waals surface area contributed by atoms with Crippen LogP contribution in [0.15, 0.2) is 36.7 Å². The number of hydrogen-bond donors (Lipinski definition) is 1. The summed E-state index contributed by atoms with van der Waals surface area (Å²) in [4.78, 5) is 13.2. The van der Waals surface area contributed by atoms with Gasteiger partial charge in [0.2, 0.25) is 0 Å². The summed E-state index contributed by atoms with van der Waals surface area (Å²) in [5, 5.41) is 4.57. The molecule has 1 atom stereocenters. The monoisotopic (exact) mass is 342 g/mol. The summed E-state index contributed by atoms with van der Waals surface area (Å²) < 4.78 is 5.52. The van der Waals surface area contributed by atoms with E-state index in [1.54, 1.807) is 24.8 Å². The molecular formula is C18H22N4OS. The number of nitrogens with one attached hydrogen (secondary N) is 1. The van der Waals surface area contributed by atoms with Crippen molar-refractivity contribution in [1.29, 1.82) is 0 Å². The van der Waals surface area contributed by atoms with Gasteiger partial charge in [-0.25, -0.2) is 9.97 Å². The highest BCUT2D eigenvalue weighted by atomic mass is 32.1. The second-order valence-electron chi connectivity index (χ2n) is 5.90. The fourth-order valence-electron chi connectivity index (χ4n) is 2.82. The van der Waals surface area contributed by atoms with Crippen LogP contribution >= 0.6 is 11.3 Å². The molecule has 6 heteroatoms. The lowest BCUT2D eigenvalue weighted by Gasteiger charge is -2.26. The lowest BCUT2D eigenvalue weighted by molar-refractivity contribution is 0.300. The van der Waals surface area contributed by atoms with Gasteiger partial charge in [0.15, 0.2) is 0 Å². The summed E-state index contributed by atoms with van der Waals surface area (Å²) in [5.41, 5.74) is 1.16. The molecule has 1 N–H and O–H groups in total. The highest BCUT2D eigenvalue weighted by molar-refractivity contribution is 7.18. The number of nitrogens with zero attached hydrogens (tertiary/aromatic N) is 3. The summed E-state index contributed by atoms with van der Waals surface area (Å²) in [7, 11) is 5.85. The minimum Gasteiger partial charge on any atom is -0.496 e. The summed E-state index contributed by atoms with van der Waals surface area (Å²) in [5.74, 6) is 1.78. The van der Waals surface area contributed by atoms with Gasteiger partial charge in [-0.3, -0.25) is 0 Å². The topological polar surface area (TPSA) is 50.3 Å². The molecule has 0 aliphatic heterocycles. The first-order chi connectivity index (χ1) is 11.6. The lowest BCUT2D eigenvalue weighted by Crippen LogP contribution is -2.27. The van der Waals surface area contributed by atoms with Crippen molar-refractivity contribution in [2.45, 2.75) is 13.0 Å². The molecule has 0 fully saturated rings. The van der Waals surface area contributed by atoms with E-state index in [-0.39, 0.29) is 6.04 Å². The van der Waals surface area contributed by atoms with Gasteiger partial charge in [0.25, 0.3) is 0 Å². The van der Waals surface area contributed by atoms with Crippen LogP contribution in [-0.2, 0) is 0 Å². The molecule has 3 aromatic rings. The molecule has 0 amide bonds. The summed E-state index contributed by atoms with van der Waals surface area (Å²) in [6.07, 6.45) is 1.62. The van der Waals surface area contributed by atoms with Gasteiger partial charge in [0.05, 0.1) is 18.5 Å². The van der Waals surface area contributed by atoms with Gasteiger partial charge in [-0.2, -0.15) is 0 Å². The Bertz CT molecular complexity index is 831. The Labute approximate surface area is 146 Å². The number of thiophene rings is 1. The number of aryl methyl sites for hydroxylation is 1. The van der Waals surface area contributed by atoms with Crippen LogP contribution < -0.4 is 10.1 Å². The quantitative estimate of drug-likeness (QED) is 0.740. The van der Waals surface area contributed by atoms with Crippen molar-refractivity contribution in [3.05, 3.63) is 47.1 Å². The van der Waals surface area contributed by atoms with Crippen LogP contribution in [0.5, 0.6) is 5.75 Å². The average Bonchev–Trinajstić information content (AvgIpc) is 2.96. The Kier molecular flexibility index (Phi) is 4.97. The van der Waals surface area contributed by atoms with E-state index in [4.69, 9.17) is 4.74 Å². The Balaban J connectivity index is 1.86. The van der Waals surface area contributed by atoms with E-state index < -0.39 is 0 Å². The highest BCUT2D eigenvalue weighted by Crippen LogP contribution is 2.30. The van der Waals surface area contributed by atoms with Gasteiger partial charge >= 0.3 is 0 Å². The number of methoxy groups -OCH3 is 1. The maximum Gasteiger partial charge on any atom is 0.138 e. The SMILES string of the molecule is COc1ccccc1C(CNc1ncnc2sc(C)cc12)N(C)C. The summed E-state index contributed by atoms with van der Waals surface area (Å²) >= 11 is 1.69. The maximum atomic E-state index is 5.52. The number of benzene rings is 1. The molecule has 126 valence electrons. The molecule has 0 aliphatic carbocycles. The zero-order valence-corrected chi connectivity index (χ0v) is 15.2. The number of rotatable bonds is 6. The zero-order chi connectivity index (χ0) is 17.1. The predicted octanol–water partition coefficient (Wildman–Crippen LogP) is 3.72. The van der Waals surface area contributed by atoms with Crippen LogP contribution in [0.3, 0.4) is 0 Å². The Hall–Kier alpha value is -2.18. The molecule has 5 nitrogen and oxygen atoms in total. The van der Waals surface area contributed by atoms with Crippen molar-refractivity contribution in [2.24, 2.45) is 0 Å². The molecular weight excluding hydrogens is 320 g/mol. The van der Waals surface area contributed by atoms with Gasteiger partial charge in [-0.15, -0.1) is 11.3 Å². The third-order valence-electron chi connectivity index (χ3n) is 4.04. The average molecular weight is 342 g/mol. The highest BCUT2D eigenvalue weighted by Gasteiger charge is 2.18. The van der Waals surface area contributed by atoms with Crippen LogP contribution in [-0.4, -0.2) is 42.6 Å². The predicted molar refractivity (Wildman–Crippen MR) is 100 cm³/mol. The molecule has 0 saturated carbocycles. The van der Waals surface area contributed by atoms with Gasteiger partial charge in [-0.1, -0.05) is 18.2 Å². The first kappa shape index (κ1) is 16.7. The number of hydrogen-bond acceptors (Lipinski definition) is 6. The number of para-hydroxylation sites is 1. The van der Waals surface area contributed by atoms with Gasteiger partial charge in [0.1, 0.15) is 22.7 Å². The molecule has 0 bridgehead atoms. The van der Waals surface area contributed by atoms with Crippen molar-refractivity contribution >= 4 is 27.4 Å². The number of anilines is 1. The second kappa shape index (κ2) is 7.15. The van der Waals surface area contributed by atoms with E-state index in [0.29, 0.717) is 0 Å².